The van der Waals surface area contributed by atoms with Crippen molar-refractivity contribution in [3.05, 3.63) is 68.7 Å². The van der Waals surface area contributed by atoms with Gasteiger partial charge in [-0.05, 0) is 24.3 Å². The number of nitrogens with zero attached hydrogens (tertiary/aromatic N) is 1. The number of nitro groups is 1. The van der Waals surface area contributed by atoms with Gasteiger partial charge in [-0.25, -0.2) is 0 Å². The van der Waals surface area contributed by atoms with Crippen molar-refractivity contribution >= 4 is 27.3 Å². The maximum atomic E-state index is 10.9. The number of likely N-dealkylation sites (tertiary alicyclic amines) is 1. The third kappa shape index (κ3) is 4.55. The summed E-state index contributed by atoms with van der Waals surface area (Å²) in [6.07, 6.45) is 2.22. The molecule has 1 saturated heterocycles. The largest absolute Gasteiger partial charge is 0.382 e. The van der Waals surface area contributed by atoms with Gasteiger partial charge in [-0.1, -0.05) is 28.1 Å². The second-order valence-corrected chi connectivity index (χ2v) is 7.19. The summed E-state index contributed by atoms with van der Waals surface area (Å²) < 4.78 is 1.09. The van der Waals surface area contributed by atoms with Gasteiger partial charge in [0.2, 0.25) is 0 Å². The molecule has 0 unspecified atom stereocenters. The first-order valence-corrected chi connectivity index (χ1v) is 8.98. The highest BCUT2D eigenvalue weighted by molar-refractivity contribution is 9.10. The van der Waals surface area contributed by atoms with E-state index in [1.54, 1.807) is 18.2 Å². The lowest BCUT2D eigenvalue weighted by atomic mass is 10.0. The van der Waals surface area contributed by atoms with E-state index < -0.39 is 0 Å². The molecule has 24 heavy (non-hydrogen) atoms. The van der Waals surface area contributed by atoms with E-state index in [9.17, 15) is 10.1 Å². The summed E-state index contributed by atoms with van der Waals surface area (Å²) in [5, 5.41) is 14.5. The van der Waals surface area contributed by atoms with Gasteiger partial charge in [0, 0.05) is 46.7 Å². The highest BCUT2D eigenvalue weighted by Gasteiger charge is 2.22. The molecule has 1 aliphatic rings. The molecule has 0 radical (unpaired) electrons. The van der Waals surface area contributed by atoms with Crippen molar-refractivity contribution in [1.29, 1.82) is 0 Å². The molecule has 1 aliphatic heterocycles. The number of nitro benzene ring substituents is 1. The lowest BCUT2D eigenvalue weighted by Gasteiger charge is -2.30. The van der Waals surface area contributed by atoms with Gasteiger partial charge in [-0.3, -0.25) is 10.1 Å². The Labute approximate surface area is 150 Å². The van der Waals surface area contributed by atoms with E-state index in [0.29, 0.717) is 6.04 Å². The molecular weight excluding hydrogens is 370 g/mol. The zero-order chi connectivity index (χ0) is 16.9. The molecule has 0 atom stereocenters. The molecule has 0 spiro atoms. The van der Waals surface area contributed by atoms with E-state index in [2.05, 4.69) is 33.4 Å². The van der Waals surface area contributed by atoms with Crippen molar-refractivity contribution in [2.24, 2.45) is 0 Å². The van der Waals surface area contributed by atoms with E-state index in [-0.39, 0.29) is 10.6 Å². The zero-order valence-electron chi connectivity index (χ0n) is 13.4. The Morgan fingerprint density at radius 2 is 1.88 bits per heavy atom. The first-order chi connectivity index (χ1) is 11.6. The molecule has 126 valence electrons. The van der Waals surface area contributed by atoms with Crippen molar-refractivity contribution in [1.82, 2.24) is 0 Å². The lowest BCUT2D eigenvalue weighted by Crippen LogP contribution is -3.12. The number of hydrogen-bond donors (Lipinski definition) is 2. The topological polar surface area (TPSA) is 59.6 Å². The van der Waals surface area contributed by atoms with Gasteiger partial charge < -0.3 is 10.2 Å². The van der Waals surface area contributed by atoms with Gasteiger partial charge in [0.25, 0.3) is 5.69 Å². The minimum Gasteiger partial charge on any atom is -0.382 e. The van der Waals surface area contributed by atoms with Crippen LogP contribution in [-0.4, -0.2) is 24.1 Å². The Bertz CT molecular complexity index is 698. The Hall–Kier alpha value is -1.92. The fraction of sp³-hybridized carbons (Fsp3) is 0.333. The van der Waals surface area contributed by atoms with Crippen molar-refractivity contribution < 1.29 is 9.82 Å². The smallest absolute Gasteiger partial charge is 0.269 e. The fourth-order valence-electron chi connectivity index (χ4n) is 3.20. The molecular formula is C18H21BrN3O2+. The second kappa shape index (κ2) is 7.77. The average molecular weight is 391 g/mol. The molecule has 0 saturated carbocycles. The van der Waals surface area contributed by atoms with Crippen LogP contribution >= 0.6 is 15.9 Å². The van der Waals surface area contributed by atoms with Crippen LogP contribution in [0.25, 0.3) is 0 Å². The van der Waals surface area contributed by atoms with Crippen LogP contribution in [0.15, 0.2) is 53.0 Å². The van der Waals surface area contributed by atoms with Gasteiger partial charge in [-0.2, -0.15) is 0 Å². The van der Waals surface area contributed by atoms with Crippen molar-refractivity contribution in [3.8, 4) is 0 Å². The van der Waals surface area contributed by atoms with Crippen LogP contribution in [0.1, 0.15) is 18.4 Å². The molecule has 0 amide bonds. The highest BCUT2D eigenvalue weighted by atomic mass is 79.9. The molecule has 1 fully saturated rings. The van der Waals surface area contributed by atoms with Crippen LogP contribution in [0.5, 0.6) is 0 Å². The molecule has 0 aromatic heterocycles. The lowest BCUT2D eigenvalue weighted by molar-refractivity contribution is -0.918. The van der Waals surface area contributed by atoms with Gasteiger partial charge >= 0.3 is 0 Å². The molecule has 2 aromatic rings. The van der Waals surface area contributed by atoms with Crippen molar-refractivity contribution in [2.75, 3.05) is 18.4 Å². The Morgan fingerprint density at radius 1 is 1.17 bits per heavy atom. The number of anilines is 1. The highest BCUT2D eigenvalue weighted by Crippen LogP contribution is 2.17. The number of non-ortho nitro benzene ring substituents is 1. The Balaban J connectivity index is 1.51. The van der Waals surface area contributed by atoms with E-state index in [1.165, 1.54) is 4.90 Å². The van der Waals surface area contributed by atoms with Crippen LogP contribution in [0.3, 0.4) is 0 Å². The standard InChI is InChI=1S/C18H20BrN3O2/c19-15-4-6-16(7-5-15)20-17-8-10-21(11-9-17)13-14-2-1-3-18(12-14)22(23)24/h1-7,12,17,20H,8-11,13H2/p+1. The number of halogens is 1. The maximum Gasteiger partial charge on any atom is 0.269 e. The molecule has 0 aliphatic carbocycles. The first-order valence-electron chi connectivity index (χ1n) is 8.19. The van der Waals surface area contributed by atoms with Crippen LogP contribution < -0.4 is 10.2 Å². The zero-order valence-corrected chi connectivity index (χ0v) is 15.0. The van der Waals surface area contributed by atoms with Gasteiger partial charge in [-0.15, -0.1) is 0 Å². The van der Waals surface area contributed by atoms with Crippen molar-refractivity contribution in [2.45, 2.75) is 25.4 Å². The van der Waals surface area contributed by atoms with E-state index in [0.717, 1.165) is 48.2 Å². The summed E-state index contributed by atoms with van der Waals surface area (Å²) >= 11 is 3.45. The molecule has 5 nitrogen and oxygen atoms in total. The SMILES string of the molecule is O=[N+]([O-])c1cccc(C[NH+]2CCC(Nc3ccc(Br)cc3)CC2)c1. The minimum atomic E-state index is -0.326. The maximum absolute atomic E-state index is 10.9. The van der Waals surface area contributed by atoms with E-state index in [1.807, 2.05) is 18.2 Å². The molecule has 0 bridgehead atoms. The quantitative estimate of drug-likeness (QED) is 0.609. The summed E-state index contributed by atoms with van der Waals surface area (Å²) in [7, 11) is 0. The molecule has 2 aromatic carbocycles. The number of nitrogens with one attached hydrogen (secondary N) is 2. The number of piperidine rings is 1. The molecule has 2 N–H and O–H groups in total. The van der Waals surface area contributed by atoms with Gasteiger partial charge in [0.1, 0.15) is 6.54 Å². The minimum absolute atomic E-state index is 0.179. The summed E-state index contributed by atoms with van der Waals surface area (Å²) in [6, 6.07) is 15.8. The molecule has 1 heterocycles. The predicted molar refractivity (Wildman–Crippen MR) is 98.3 cm³/mol. The third-order valence-corrected chi connectivity index (χ3v) is 5.01. The number of quaternary nitrogens is 1. The van der Waals surface area contributed by atoms with Crippen LogP contribution in [0.4, 0.5) is 11.4 Å². The van der Waals surface area contributed by atoms with E-state index >= 15 is 0 Å². The number of rotatable bonds is 5. The van der Waals surface area contributed by atoms with E-state index in [4.69, 9.17) is 0 Å². The second-order valence-electron chi connectivity index (χ2n) is 6.28. The summed E-state index contributed by atoms with van der Waals surface area (Å²) in [5.74, 6) is 0. The average Bonchev–Trinajstić information content (AvgIpc) is 2.59. The fourth-order valence-corrected chi connectivity index (χ4v) is 3.46. The van der Waals surface area contributed by atoms with Crippen molar-refractivity contribution in [3.63, 3.8) is 0 Å². The third-order valence-electron chi connectivity index (χ3n) is 4.48. The van der Waals surface area contributed by atoms with Gasteiger partial charge in [0.05, 0.1) is 18.0 Å². The van der Waals surface area contributed by atoms with Gasteiger partial charge in [0.15, 0.2) is 0 Å². The Kier molecular flexibility index (Phi) is 5.48. The van der Waals surface area contributed by atoms with Crippen LogP contribution in [0.2, 0.25) is 0 Å². The summed E-state index contributed by atoms with van der Waals surface area (Å²) in [6.45, 7) is 3.01. The predicted octanol–water partition coefficient (Wildman–Crippen LogP) is 3.02. The van der Waals surface area contributed by atoms with Crippen LogP contribution in [0, 0.1) is 10.1 Å². The first kappa shape index (κ1) is 16.9. The molecule has 6 heteroatoms. The molecule has 3 rings (SSSR count). The summed E-state index contributed by atoms with van der Waals surface area (Å²) in [5.41, 5.74) is 2.38. The summed E-state index contributed by atoms with van der Waals surface area (Å²) in [4.78, 5) is 12.0. The monoisotopic (exact) mass is 390 g/mol. The number of benzene rings is 2. The van der Waals surface area contributed by atoms with Crippen LogP contribution in [-0.2, 0) is 6.54 Å². The number of hydrogen-bond acceptors (Lipinski definition) is 3. The normalized spacial score (nSPS) is 20.5. The Morgan fingerprint density at radius 3 is 2.54 bits per heavy atom.